The van der Waals surface area contributed by atoms with E-state index in [9.17, 15) is 0 Å². The number of halogens is 1. The van der Waals surface area contributed by atoms with Crippen LogP contribution < -0.4 is 10.5 Å². The van der Waals surface area contributed by atoms with Crippen molar-refractivity contribution in [3.05, 3.63) is 52.0 Å². The van der Waals surface area contributed by atoms with E-state index < -0.39 is 0 Å². The third kappa shape index (κ3) is 2.80. The molecule has 3 heteroatoms. The Labute approximate surface area is 110 Å². The first-order valence-electron chi connectivity index (χ1n) is 5.36. The van der Waals surface area contributed by atoms with E-state index in [2.05, 4.69) is 15.9 Å². The van der Waals surface area contributed by atoms with Gasteiger partial charge < -0.3 is 10.5 Å². The van der Waals surface area contributed by atoms with Crippen molar-refractivity contribution in [1.82, 2.24) is 0 Å². The summed E-state index contributed by atoms with van der Waals surface area (Å²) in [4.78, 5) is 0. The van der Waals surface area contributed by atoms with E-state index in [4.69, 9.17) is 10.5 Å². The molecule has 2 nitrogen and oxygen atoms in total. The summed E-state index contributed by atoms with van der Waals surface area (Å²) < 4.78 is 6.91. The second-order valence-electron chi connectivity index (χ2n) is 4.04. The first-order valence-corrected chi connectivity index (χ1v) is 6.15. The van der Waals surface area contributed by atoms with E-state index in [0.29, 0.717) is 0 Å². The van der Waals surface area contributed by atoms with Crippen LogP contribution in [0.1, 0.15) is 11.1 Å². The minimum absolute atomic E-state index is 0.767. The Hall–Kier alpha value is -1.48. The smallest absolute Gasteiger partial charge is 0.133 e. The normalized spacial score (nSPS) is 10.3. The molecule has 0 spiro atoms. The topological polar surface area (TPSA) is 35.2 Å². The second kappa shape index (κ2) is 4.80. The van der Waals surface area contributed by atoms with Crippen LogP contribution in [0.5, 0.6) is 11.5 Å². The highest BCUT2D eigenvalue weighted by Crippen LogP contribution is 2.31. The van der Waals surface area contributed by atoms with E-state index >= 15 is 0 Å². The number of nitrogens with two attached hydrogens (primary N) is 1. The van der Waals surface area contributed by atoms with Crippen LogP contribution in [0.25, 0.3) is 0 Å². The molecule has 0 heterocycles. The molecule has 0 saturated heterocycles. The molecule has 88 valence electrons. The van der Waals surface area contributed by atoms with Gasteiger partial charge >= 0.3 is 0 Å². The first-order chi connectivity index (χ1) is 8.06. The fourth-order valence-electron chi connectivity index (χ4n) is 1.77. The molecular weight excluding hydrogens is 278 g/mol. The molecule has 17 heavy (non-hydrogen) atoms. The van der Waals surface area contributed by atoms with Crippen LogP contribution in [0.4, 0.5) is 5.69 Å². The van der Waals surface area contributed by atoms with Crippen LogP contribution in [-0.4, -0.2) is 0 Å². The van der Waals surface area contributed by atoms with Gasteiger partial charge in [-0.25, -0.2) is 0 Å². The number of benzene rings is 2. The summed E-state index contributed by atoms with van der Waals surface area (Å²) >= 11 is 3.40. The highest BCUT2D eigenvalue weighted by Gasteiger charge is 2.06. The molecule has 0 aromatic heterocycles. The van der Waals surface area contributed by atoms with Gasteiger partial charge in [0.05, 0.1) is 0 Å². The zero-order chi connectivity index (χ0) is 12.4. The van der Waals surface area contributed by atoms with Gasteiger partial charge in [0.15, 0.2) is 0 Å². The lowest BCUT2D eigenvalue weighted by molar-refractivity contribution is 0.475. The number of rotatable bonds is 2. The minimum atomic E-state index is 0.767. The van der Waals surface area contributed by atoms with Crippen LogP contribution in [0.15, 0.2) is 40.9 Å². The molecule has 2 aromatic carbocycles. The molecule has 0 aliphatic heterocycles. The molecule has 0 fully saturated rings. The standard InChI is InChI=1S/C14H14BrNO/c1-9-7-12(16)8-10(2)14(9)17-13-5-3-11(15)4-6-13/h3-8H,16H2,1-2H3. The van der Waals surface area contributed by atoms with Crippen LogP contribution in [-0.2, 0) is 0 Å². The Kier molecular flexibility index (Phi) is 3.38. The summed E-state index contributed by atoms with van der Waals surface area (Å²) in [5.74, 6) is 1.70. The van der Waals surface area contributed by atoms with E-state index in [1.165, 1.54) is 0 Å². The fourth-order valence-corrected chi connectivity index (χ4v) is 2.03. The Bertz CT molecular complexity index is 511. The Balaban J connectivity index is 2.33. The molecule has 0 amide bonds. The summed E-state index contributed by atoms with van der Waals surface area (Å²) in [5, 5.41) is 0. The lowest BCUT2D eigenvalue weighted by Crippen LogP contribution is -1.94. The van der Waals surface area contributed by atoms with E-state index in [1.54, 1.807) is 0 Å². The maximum atomic E-state index is 5.87. The molecule has 0 atom stereocenters. The molecule has 0 radical (unpaired) electrons. The number of ether oxygens (including phenoxy) is 1. The Morgan fingerprint density at radius 3 is 2.06 bits per heavy atom. The average molecular weight is 292 g/mol. The van der Waals surface area contributed by atoms with Gasteiger partial charge in [-0.2, -0.15) is 0 Å². The van der Waals surface area contributed by atoms with Crippen molar-refractivity contribution in [2.75, 3.05) is 5.73 Å². The predicted molar refractivity (Wildman–Crippen MR) is 74.5 cm³/mol. The molecule has 0 bridgehead atoms. The van der Waals surface area contributed by atoms with Gasteiger partial charge in [0.25, 0.3) is 0 Å². The van der Waals surface area contributed by atoms with Gasteiger partial charge in [-0.1, -0.05) is 15.9 Å². The third-order valence-corrected chi connectivity index (χ3v) is 3.04. The SMILES string of the molecule is Cc1cc(N)cc(C)c1Oc1ccc(Br)cc1. The van der Waals surface area contributed by atoms with Gasteiger partial charge in [0.2, 0.25) is 0 Å². The largest absolute Gasteiger partial charge is 0.457 e. The van der Waals surface area contributed by atoms with Crippen molar-refractivity contribution in [1.29, 1.82) is 0 Å². The van der Waals surface area contributed by atoms with Crippen LogP contribution in [0, 0.1) is 13.8 Å². The first kappa shape index (κ1) is 12.0. The van der Waals surface area contributed by atoms with Crippen molar-refractivity contribution in [3.63, 3.8) is 0 Å². The minimum Gasteiger partial charge on any atom is -0.457 e. The van der Waals surface area contributed by atoms with Crippen LogP contribution in [0.2, 0.25) is 0 Å². The second-order valence-corrected chi connectivity index (χ2v) is 4.96. The van der Waals surface area contributed by atoms with E-state index in [-0.39, 0.29) is 0 Å². The Morgan fingerprint density at radius 1 is 1.00 bits per heavy atom. The summed E-state index contributed by atoms with van der Waals surface area (Å²) in [7, 11) is 0. The van der Waals surface area contributed by atoms with Crippen molar-refractivity contribution < 1.29 is 4.74 Å². The van der Waals surface area contributed by atoms with Gasteiger partial charge in [-0.05, 0) is 61.4 Å². The van der Waals surface area contributed by atoms with E-state index in [0.717, 1.165) is 32.8 Å². The van der Waals surface area contributed by atoms with Gasteiger partial charge in [0.1, 0.15) is 11.5 Å². The number of hydrogen-bond donors (Lipinski definition) is 1. The maximum absolute atomic E-state index is 5.87. The number of aryl methyl sites for hydroxylation is 2. The summed E-state index contributed by atoms with van der Waals surface area (Å²) in [6.07, 6.45) is 0. The monoisotopic (exact) mass is 291 g/mol. The molecule has 0 aliphatic rings. The molecule has 2 aromatic rings. The molecule has 2 rings (SSSR count). The molecular formula is C14H14BrNO. The average Bonchev–Trinajstić information content (AvgIpc) is 2.26. The number of anilines is 1. The number of hydrogen-bond acceptors (Lipinski definition) is 2. The summed E-state index contributed by atoms with van der Waals surface area (Å²) in [6.45, 7) is 4.00. The fraction of sp³-hybridized carbons (Fsp3) is 0.143. The highest BCUT2D eigenvalue weighted by molar-refractivity contribution is 9.10. The highest BCUT2D eigenvalue weighted by atomic mass is 79.9. The predicted octanol–water partition coefficient (Wildman–Crippen LogP) is 4.44. The molecule has 2 N–H and O–H groups in total. The van der Waals surface area contributed by atoms with Crippen molar-refractivity contribution in [2.24, 2.45) is 0 Å². The zero-order valence-corrected chi connectivity index (χ0v) is 11.4. The molecule has 0 unspecified atom stereocenters. The Morgan fingerprint density at radius 2 is 1.53 bits per heavy atom. The quantitative estimate of drug-likeness (QED) is 0.830. The zero-order valence-electron chi connectivity index (χ0n) is 9.83. The van der Waals surface area contributed by atoms with Crippen LogP contribution >= 0.6 is 15.9 Å². The number of nitrogen functional groups attached to an aromatic ring is 1. The van der Waals surface area contributed by atoms with Gasteiger partial charge in [-0.3, -0.25) is 0 Å². The molecule has 0 aliphatic carbocycles. The van der Waals surface area contributed by atoms with Crippen molar-refractivity contribution in [3.8, 4) is 11.5 Å². The summed E-state index contributed by atoms with van der Waals surface area (Å²) in [5.41, 5.74) is 8.64. The molecule has 0 saturated carbocycles. The van der Waals surface area contributed by atoms with Crippen molar-refractivity contribution >= 4 is 21.6 Å². The van der Waals surface area contributed by atoms with E-state index in [1.807, 2.05) is 50.2 Å². The third-order valence-electron chi connectivity index (χ3n) is 2.52. The van der Waals surface area contributed by atoms with Gasteiger partial charge in [-0.15, -0.1) is 0 Å². The van der Waals surface area contributed by atoms with Gasteiger partial charge in [0, 0.05) is 10.2 Å². The summed E-state index contributed by atoms with van der Waals surface area (Å²) in [6, 6.07) is 11.6. The lowest BCUT2D eigenvalue weighted by Gasteiger charge is -2.12. The lowest BCUT2D eigenvalue weighted by atomic mass is 10.1. The van der Waals surface area contributed by atoms with Crippen LogP contribution in [0.3, 0.4) is 0 Å². The van der Waals surface area contributed by atoms with Crippen molar-refractivity contribution in [2.45, 2.75) is 13.8 Å². The maximum Gasteiger partial charge on any atom is 0.133 e.